The molecule has 3 amide bonds. The van der Waals surface area contributed by atoms with Gasteiger partial charge in [-0.3, -0.25) is 24.0 Å². The number of carbonyl (C=O) groups is 6. The molecule has 4 atom stereocenters. The molecule has 30 heavy (non-hydrogen) atoms. The quantitative estimate of drug-likeness (QED) is 0.134. The molecule has 0 spiro atoms. The van der Waals surface area contributed by atoms with E-state index in [9.17, 15) is 33.9 Å². The molecule has 0 bridgehead atoms. The van der Waals surface area contributed by atoms with Crippen molar-refractivity contribution in [1.29, 1.82) is 0 Å². The number of aliphatic hydroxyl groups excluding tert-OH is 1. The van der Waals surface area contributed by atoms with E-state index in [2.05, 4.69) is 10.6 Å². The van der Waals surface area contributed by atoms with Gasteiger partial charge in [-0.1, -0.05) is 0 Å². The highest BCUT2D eigenvalue weighted by molar-refractivity contribution is 5.92. The zero-order valence-electron chi connectivity index (χ0n) is 16.2. The van der Waals surface area contributed by atoms with Crippen LogP contribution in [0.2, 0.25) is 0 Å². The van der Waals surface area contributed by atoms with Crippen LogP contribution >= 0.6 is 0 Å². The number of carboxylic acids is 3. The fraction of sp³-hybridized carbons (Fsp3) is 0.625. The lowest BCUT2D eigenvalue weighted by atomic mass is 10.1. The third-order valence-electron chi connectivity index (χ3n) is 3.81. The molecular formula is C16H26N4O10. The molecule has 0 rings (SSSR count). The van der Waals surface area contributed by atoms with Crippen LogP contribution in [-0.2, 0) is 28.8 Å². The van der Waals surface area contributed by atoms with Crippen molar-refractivity contribution >= 4 is 35.6 Å². The van der Waals surface area contributed by atoms with E-state index in [1.54, 1.807) is 0 Å². The Balaban J connectivity index is 5.02. The maximum Gasteiger partial charge on any atom is 0.326 e. The van der Waals surface area contributed by atoms with E-state index in [1.165, 1.54) is 6.92 Å². The van der Waals surface area contributed by atoms with E-state index >= 15 is 0 Å². The molecule has 0 saturated heterocycles. The highest BCUT2D eigenvalue weighted by Crippen LogP contribution is 2.03. The number of aliphatic carboxylic acids is 3. The zero-order chi connectivity index (χ0) is 23.4. The number of carboxylic acid groups (broad SMARTS) is 3. The molecule has 14 nitrogen and oxygen atoms in total. The highest BCUT2D eigenvalue weighted by Gasteiger charge is 2.28. The fourth-order valence-electron chi connectivity index (χ4n) is 2.08. The van der Waals surface area contributed by atoms with Crippen LogP contribution in [0.15, 0.2) is 0 Å². The number of aliphatic hydroxyl groups is 1. The van der Waals surface area contributed by atoms with Gasteiger partial charge < -0.3 is 42.1 Å². The summed E-state index contributed by atoms with van der Waals surface area (Å²) in [5, 5.41) is 42.1. The molecule has 0 heterocycles. The summed E-state index contributed by atoms with van der Waals surface area (Å²) < 4.78 is 0. The summed E-state index contributed by atoms with van der Waals surface area (Å²) in [5.41, 5.74) is 5.39. The topological polar surface area (TPSA) is 245 Å². The number of carbonyl (C=O) groups excluding carboxylic acids is 3. The van der Waals surface area contributed by atoms with Gasteiger partial charge in [-0.2, -0.15) is 0 Å². The normalized spacial score (nSPS) is 14.5. The molecule has 0 radical (unpaired) electrons. The maximum atomic E-state index is 12.3. The van der Waals surface area contributed by atoms with Gasteiger partial charge in [-0.15, -0.1) is 0 Å². The molecule has 9 N–H and O–H groups in total. The summed E-state index contributed by atoms with van der Waals surface area (Å²) in [7, 11) is 0. The predicted octanol–water partition coefficient (Wildman–Crippen LogP) is -3.41. The first-order valence-electron chi connectivity index (χ1n) is 8.82. The van der Waals surface area contributed by atoms with Gasteiger partial charge in [-0.05, 0) is 19.8 Å². The second-order valence-electron chi connectivity index (χ2n) is 6.37. The summed E-state index contributed by atoms with van der Waals surface area (Å²) in [6.45, 7) is 0.622. The van der Waals surface area contributed by atoms with Gasteiger partial charge in [0.15, 0.2) is 0 Å². The molecule has 170 valence electrons. The molecule has 0 aliphatic carbocycles. The van der Waals surface area contributed by atoms with Gasteiger partial charge in [0.05, 0.1) is 12.6 Å². The molecule has 0 saturated carbocycles. The van der Waals surface area contributed by atoms with Crippen molar-refractivity contribution in [2.75, 3.05) is 6.54 Å². The number of nitrogens with two attached hydrogens (primary N) is 1. The van der Waals surface area contributed by atoms with Crippen molar-refractivity contribution in [3.05, 3.63) is 0 Å². The lowest BCUT2D eigenvalue weighted by Crippen LogP contribution is -2.54. The van der Waals surface area contributed by atoms with Crippen molar-refractivity contribution in [2.24, 2.45) is 5.73 Å². The van der Waals surface area contributed by atoms with Crippen LogP contribution in [0.1, 0.15) is 32.6 Å². The summed E-state index contributed by atoms with van der Waals surface area (Å²) >= 11 is 0. The average Bonchev–Trinajstić information content (AvgIpc) is 2.64. The first-order chi connectivity index (χ1) is 13.8. The zero-order valence-corrected chi connectivity index (χ0v) is 16.2. The average molecular weight is 434 g/mol. The third kappa shape index (κ3) is 10.9. The van der Waals surface area contributed by atoms with Crippen LogP contribution in [0.4, 0.5) is 0 Å². The molecular weight excluding hydrogens is 408 g/mol. The van der Waals surface area contributed by atoms with Crippen molar-refractivity contribution in [1.82, 2.24) is 16.0 Å². The van der Waals surface area contributed by atoms with Gasteiger partial charge in [-0.25, -0.2) is 4.79 Å². The molecule has 0 aliphatic heterocycles. The molecule has 0 aromatic carbocycles. The standard InChI is InChI=1S/C16H26N4O10/c1-7(21)13(17)15(28)18-6-10(22)19-8(2-4-11(23)24)14(27)20-9(16(29)30)3-5-12(25)26/h7-9,13,21H,2-6,17H2,1H3,(H,18,28)(H,19,22)(H,20,27)(H,23,24)(H,25,26)(H,29,30). The Morgan fingerprint density at radius 3 is 1.77 bits per heavy atom. The third-order valence-corrected chi connectivity index (χ3v) is 3.81. The van der Waals surface area contributed by atoms with Crippen molar-refractivity contribution in [2.45, 2.75) is 56.8 Å². The van der Waals surface area contributed by atoms with Gasteiger partial charge in [0, 0.05) is 12.8 Å². The van der Waals surface area contributed by atoms with Gasteiger partial charge in [0.2, 0.25) is 17.7 Å². The Morgan fingerprint density at radius 2 is 1.33 bits per heavy atom. The molecule has 0 aromatic rings. The van der Waals surface area contributed by atoms with E-state index in [1.807, 2.05) is 5.32 Å². The maximum absolute atomic E-state index is 12.3. The molecule has 4 unspecified atom stereocenters. The van der Waals surface area contributed by atoms with E-state index in [-0.39, 0.29) is 6.42 Å². The second-order valence-corrected chi connectivity index (χ2v) is 6.37. The summed E-state index contributed by atoms with van der Waals surface area (Å²) in [4.78, 5) is 68.5. The minimum absolute atomic E-state index is 0.390. The largest absolute Gasteiger partial charge is 0.481 e. The monoisotopic (exact) mass is 434 g/mol. The second kappa shape index (κ2) is 13.1. The molecule has 0 aromatic heterocycles. The molecule has 0 aliphatic rings. The first-order valence-corrected chi connectivity index (χ1v) is 8.82. The minimum Gasteiger partial charge on any atom is -0.481 e. The number of nitrogens with one attached hydrogen (secondary N) is 3. The van der Waals surface area contributed by atoms with Gasteiger partial charge in [0.1, 0.15) is 18.1 Å². The van der Waals surface area contributed by atoms with E-state index in [4.69, 9.17) is 21.1 Å². The summed E-state index contributed by atoms with van der Waals surface area (Å²) in [6, 6.07) is -4.32. The van der Waals surface area contributed by atoms with Gasteiger partial charge in [0.25, 0.3) is 0 Å². The van der Waals surface area contributed by atoms with Crippen molar-refractivity contribution < 1.29 is 49.2 Å². The Labute approximate surface area is 170 Å². The van der Waals surface area contributed by atoms with Crippen molar-refractivity contribution in [3.8, 4) is 0 Å². The van der Waals surface area contributed by atoms with E-state index in [0.717, 1.165) is 0 Å². The minimum atomic E-state index is -1.57. The van der Waals surface area contributed by atoms with Crippen LogP contribution < -0.4 is 21.7 Å². The van der Waals surface area contributed by atoms with Gasteiger partial charge >= 0.3 is 17.9 Å². The lowest BCUT2D eigenvalue weighted by molar-refractivity contribution is -0.144. The number of amides is 3. The lowest BCUT2D eigenvalue weighted by Gasteiger charge is -2.21. The van der Waals surface area contributed by atoms with E-state index in [0.29, 0.717) is 0 Å². The van der Waals surface area contributed by atoms with Crippen molar-refractivity contribution in [3.63, 3.8) is 0 Å². The Kier molecular flexibility index (Phi) is 11.6. The van der Waals surface area contributed by atoms with E-state index < -0.39 is 85.7 Å². The fourth-order valence-corrected chi connectivity index (χ4v) is 2.08. The molecule has 14 heteroatoms. The van der Waals surface area contributed by atoms with Crippen LogP contribution in [0, 0.1) is 0 Å². The molecule has 0 fully saturated rings. The SMILES string of the molecule is CC(O)C(N)C(=O)NCC(=O)NC(CCC(=O)O)C(=O)NC(CCC(=O)O)C(=O)O. The van der Waals surface area contributed by atoms with Crippen LogP contribution in [-0.4, -0.2) is 86.8 Å². The summed E-state index contributed by atoms with van der Waals surface area (Å²) in [6.07, 6.45) is -3.08. The van der Waals surface area contributed by atoms with Crippen LogP contribution in [0.5, 0.6) is 0 Å². The highest BCUT2D eigenvalue weighted by atomic mass is 16.4. The predicted molar refractivity (Wildman–Crippen MR) is 97.9 cm³/mol. The number of rotatable bonds is 14. The number of hydrogen-bond donors (Lipinski definition) is 8. The first kappa shape index (κ1) is 26.7. The Hall–Kier alpha value is -3.26. The number of hydrogen-bond acceptors (Lipinski definition) is 8. The van der Waals surface area contributed by atoms with Crippen LogP contribution in [0.25, 0.3) is 0 Å². The smallest absolute Gasteiger partial charge is 0.326 e. The Morgan fingerprint density at radius 1 is 0.833 bits per heavy atom. The van der Waals surface area contributed by atoms with Crippen LogP contribution in [0.3, 0.4) is 0 Å². The summed E-state index contributed by atoms with van der Waals surface area (Å²) in [5.74, 6) is -6.84. The Bertz CT molecular complexity index is 666.